The number of rotatable bonds is 7. The fourth-order valence-corrected chi connectivity index (χ4v) is 2.18. The molecular formula is C12H25N3O. The zero-order chi connectivity index (χ0) is 12.3. The molecule has 16 heavy (non-hydrogen) atoms. The Bertz CT molecular complexity index is 253. The average molecular weight is 227 g/mol. The second kappa shape index (κ2) is 5.15. The lowest BCUT2D eigenvalue weighted by Crippen LogP contribution is -2.61. The number of carbonyl (C=O) groups excluding carboxylic acids is 1. The molecule has 94 valence electrons. The van der Waals surface area contributed by atoms with E-state index >= 15 is 0 Å². The van der Waals surface area contributed by atoms with Crippen molar-refractivity contribution in [3.05, 3.63) is 0 Å². The minimum absolute atomic E-state index is 0.295. The van der Waals surface area contributed by atoms with E-state index in [1.54, 1.807) is 0 Å². The molecule has 0 heterocycles. The van der Waals surface area contributed by atoms with E-state index in [0.29, 0.717) is 18.5 Å². The van der Waals surface area contributed by atoms with Crippen LogP contribution in [0.5, 0.6) is 0 Å². The van der Waals surface area contributed by atoms with E-state index in [1.807, 2.05) is 0 Å². The van der Waals surface area contributed by atoms with E-state index in [4.69, 9.17) is 11.5 Å². The topological polar surface area (TPSA) is 72.3 Å². The van der Waals surface area contributed by atoms with E-state index in [1.165, 1.54) is 0 Å². The van der Waals surface area contributed by atoms with Crippen molar-refractivity contribution >= 4 is 5.91 Å². The van der Waals surface area contributed by atoms with Crippen LogP contribution in [0.3, 0.4) is 0 Å². The highest BCUT2D eigenvalue weighted by Gasteiger charge is 2.47. The van der Waals surface area contributed by atoms with Gasteiger partial charge in [-0.05, 0) is 38.6 Å². The van der Waals surface area contributed by atoms with Crippen molar-refractivity contribution in [2.24, 2.45) is 17.4 Å². The summed E-state index contributed by atoms with van der Waals surface area (Å²) >= 11 is 0. The maximum atomic E-state index is 11.5. The van der Waals surface area contributed by atoms with Gasteiger partial charge in [0.05, 0.1) is 0 Å². The molecule has 0 aliphatic heterocycles. The van der Waals surface area contributed by atoms with E-state index < -0.39 is 5.54 Å². The molecular weight excluding hydrogens is 202 g/mol. The molecule has 1 saturated carbocycles. The van der Waals surface area contributed by atoms with Gasteiger partial charge >= 0.3 is 0 Å². The summed E-state index contributed by atoms with van der Waals surface area (Å²) in [5.74, 6) is -0.0557. The first-order chi connectivity index (χ1) is 7.45. The highest BCUT2D eigenvalue weighted by molar-refractivity contribution is 5.85. The minimum atomic E-state index is -0.820. The number of carbonyl (C=O) groups is 1. The molecule has 4 nitrogen and oxygen atoms in total. The molecule has 0 aromatic carbocycles. The summed E-state index contributed by atoms with van der Waals surface area (Å²) in [6.07, 6.45) is 3.14. The summed E-state index contributed by atoms with van der Waals surface area (Å²) < 4.78 is 0. The van der Waals surface area contributed by atoms with Crippen molar-refractivity contribution in [2.45, 2.75) is 51.6 Å². The highest BCUT2D eigenvalue weighted by atomic mass is 16.1. The van der Waals surface area contributed by atoms with Crippen LogP contribution in [0.1, 0.15) is 40.0 Å². The average Bonchev–Trinajstić information content (AvgIpc) is 3.08. The molecule has 0 radical (unpaired) electrons. The second-order valence-electron chi connectivity index (χ2n) is 5.00. The number of primary amides is 1. The maximum Gasteiger partial charge on any atom is 0.239 e. The third-order valence-electron chi connectivity index (χ3n) is 3.85. The Morgan fingerprint density at radius 3 is 2.38 bits per heavy atom. The SMILES string of the molecule is CCC(C)N(CC)CC(N)(C(N)=O)C1CC1. The Hall–Kier alpha value is -0.610. The van der Waals surface area contributed by atoms with Gasteiger partial charge in [-0.25, -0.2) is 0 Å². The lowest BCUT2D eigenvalue weighted by molar-refractivity contribution is -0.124. The second-order valence-corrected chi connectivity index (χ2v) is 5.00. The molecule has 1 aliphatic rings. The molecule has 2 atom stereocenters. The molecule has 1 amide bonds. The van der Waals surface area contributed by atoms with E-state index in [2.05, 4.69) is 25.7 Å². The van der Waals surface area contributed by atoms with Gasteiger partial charge in [-0.15, -0.1) is 0 Å². The molecule has 2 unspecified atom stereocenters. The van der Waals surface area contributed by atoms with Crippen LogP contribution in [-0.2, 0) is 4.79 Å². The van der Waals surface area contributed by atoms with Crippen LogP contribution in [0.4, 0.5) is 0 Å². The molecule has 0 spiro atoms. The number of likely N-dealkylation sites (N-methyl/N-ethyl adjacent to an activating group) is 1. The number of nitrogens with zero attached hydrogens (tertiary/aromatic N) is 1. The first-order valence-corrected chi connectivity index (χ1v) is 6.28. The largest absolute Gasteiger partial charge is 0.368 e. The van der Waals surface area contributed by atoms with Gasteiger partial charge in [0.15, 0.2) is 0 Å². The van der Waals surface area contributed by atoms with Crippen LogP contribution in [0, 0.1) is 5.92 Å². The van der Waals surface area contributed by atoms with Crippen molar-refractivity contribution in [3.8, 4) is 0 Å². The van der Waals surface area contributed by atoms with E-state index in [9.17, 15) is 4.79 Å². The molecule has 1 aliphatic carbocycles. The van der Waals surface area contributed by atoms with Crippen LogP contribution in [0.15, 0.2) is 0 Å². The predicted molar refractivity (Wildman–Crippen MR) is 65.8 cm³/mol. The van der Waals surface area contributed by atoms with Gasteiger partial charge in [0, 0.05) is 12.6 Å². The van der Waals surface area contributed by atoms with Crippen molar-refractivity contribution in [1.29, 1.82) is 0 Å². The lowest BCUT2D eigenvalue weighted by Gasteiger charge is -2.35. The first kappa shape index (κ1) is 13.5. The summed E-state index contributed by atoms with van der Waals surface area (Å²) in [6.45, 7) is 7.91. The van der Waals surface area contributed by atoms with Crippen molar-refractivity contribution in [3.63, 3.8) is 0 Å². The Labute approximate surface area is 98.3 Å². The molecule has 0 saturated heterocycles. The third-order valence-corrected chi connectivity index (χ3v) is 3.85. The zero-order valence-electron chi connectivity index (χ0n) is 10.7. The lowest BCUT2D eigenvalue weighted by atomic mass is 9.92. The summed E-state index contributed by atoms with van der Waals surface area (Å²) in [4.78, 5) is 13.8. The smallest absolute Gasteiger partial charge is 0.239 e. The monoisotopic (exact) mass is 227 g/mol. The van der Waals surface area contributed by atoms with Gasteiger partial charge < -0.3 is 11.5 Å². The molecule has 1 fully saturated rings. The summed E-state index contributed by atoms with van der Waals surface area (Å²) in [5.41, 5.74) is 10.8. The normalized spacial score (nSPS) is 21.8. The predicted octanol–water partition coefficient (Wildman–Crippen LogP) is 0.700. The van der Waals surface area contributed by atoms with Gasteiger partial charge in [0.1, 0.15) is 5.54 Å². The number of hydrogen-bond acceptors (Lipinski definition) is 3. The quantitative estimate of drug-likeness (QED) is 0.672. The van der Waals surface area contributed by atoms with Gasteiger partial charge in [-0.3, -0.25) is 9.69 Å². The van der Waals surface area contributed by atoms with Crippen LogP contribution in [0.25, 0.3) is 0 Å². The van der Waals surface area contributed by atoms with Gasteiger partial charge in [-0.1, -0.05) is 13.8 Å². The molecule has 1 rings (SSSR count). The summed E-state index contributed by atoms with van der Waals surface area (Å²) in [7, 11) is 0. The highest BCUT2D eigenvalue weighted by Crippen LogP contribution is 2.38. The van der Waals surface area contributed by atoms with Crippen LogP contribution in [-0.4, -0.2) is 35.5 Å². The van der Waals surface area contributed by atoms with Gasteiger partial charge in [-0.2, -0.15) is 0 Å². The molecule has 0 bridgehead atoms. The van der Waals surface area contributed by atoms with Crippen molar-refractivity contribution < 1.29 is 4.79 Å². The fraction of sp³-hybridized carbons (Fsp3) is 0.917. The van der Waals surface area contributed by atoms with Crippen LogP contribution >= 0.6 is 0 Å². The Kier molecular flexibility index (Phi) is 4.33. The Morgan fingerprint density at radius 1 is 1.50 bits per heavy atom. The standard InChI is InChI=1S/C12H25N3O/c1-4-9(3)15(5-2)8-12(14,11(13)16)10-6-7-10/h9-10H,4-8,14H2,1-3H3,(H2,13,16). The van der Waals surface area contributed by atoms with Crippen molar-refractivity contribution in [2.75, 3.05) is 13.1 Å². The molecule has 4 N–H and O–H groups in total. The van der Waals surface area contributed by atoms with Crippen LogP contribution in [0.2, 0.25) is 0 Å². The summed E-state index contributed by atoms with van der Waals surface area (Å²) in [6, 6.07) is 0.450. The van der Waals surface area contributed by atoms with Crippen LogP contribution < -0.4 is 11.5 Å². The maximum absolute atomic E-state index is 11.5. The van der Waals surface area contributed by atoms with Gasteiger partial charge in [0.25, 0.3) is 0 Å². The minimum Gasteiger partial charge on any atom is -0.368 e. The number of amides is 1. The molecule has 0 aromatic rings. The van der Waals surface area contributed by atoms with E-state index in [-0.39, 0.29) is 5.91 Å². The first-order valence-electron chi connectivity index (χ1n) is 6.28. The molecule has 0 aromatic heterocycles. The number of nitrogens with two attached hydrogens (primary N) is 2. The summed E-state index contributed by atoms with van der Waals surface area (Å²) in [5, 5.41) is 0. The van der Waals surface area contributed by atoms with Crippen molar-refractivity contribution in [1.82, 2.24) is 4.90 Å². The number of hydrogen-bond donors (Lipinski definition) is 2. The Morgan fingerprint density at radius 2 is 2.06 bits per heavy atom. The Balaban J connectivity index is 2.69. The zero-order valence-corrected chi connectivity index (χ0v) is 10.7. The fourth-order valence-electron chi connectivity index (χ4n) is 2.18. The third kappa shape index (κ3) is 2.74. The van der Waals surface area contributed by atoms with E-state index in [0.717, 1.165) is 25.8 Å². The van der Waals surface area contributed by atoms with Gasteiger partial charge in [0.2, 0.25) is 5.91 Å². The molecule has 4 heteroatoms.